The molecular formula is C38H44N6O6. The smallest absolute Gasteiger partial charge is 0.407 e. The lowest BCUT2D eigenvalue weighted by Crippen LogP contribution is -2.37. The van der Waals surface area contributed by atoms with Crippen LogP contribution in [-0.4, -0.2) is 61.6 Å². The molecule has 1 atom stereocenters. The standard InChI is InChI=1S/C38H44N6O6/c1-23-8-9-25(19-32(23)28-6-5-7-29(20-28)36(47)48)18-30(35(46)40-31-16-14-27(15-17-31)34-41-43-44-42-34)21-33(45)26-12-10-24(11-13-26)22-39-37(49)50-38(2,3)4/h5-9,14-17,19-20,24,26,30H,10-13,18,21-22H2,1-4H3,(H,39,49)(H,40,46)(H,47,48)(H,41,42,43,44)/t24?,26?,30-/m1/s1. The zero-order chi connectivity index (χ0) is 35.8. The number of aromatic amines is 1. The molecule has 1 aliphatic carbocycles. The first kappa shape index (κ1) is 35.9. The van der Waals surface area contributed by atoms with Gasteiger partial charge in [0, 0.05) is 36.1 Å². The Balaban J connectivity index is 1.29. The number of aryl methyl sites for hydroxylation is 1. The molecule has 4 aromatic rings. The first-order valence-corrected chi connectivity index (χ1v) is 16.9. The Morgan fingerprint density at radius 2 is 1.70 bits per heavy atom. The number of carbonyl (C=O) groups is 4. The number of aromatic nitrogens is 4. The number of anilines is 1. The van der Waals surface area contributed by atoms with E-state index in [0.29, 0.717) is 37.3 Å². The number of amides is 2. The minimum absolute atomic E-state index is 0.0534. The molecule has 1 heterocycles. The van der Waals surface area contributed by atoms with E-state index in [1.165, 1.54) is 0 Å². The summed E-state index contributed by atoms with van der Waals surface area (Å²) in [4.78, 5) is 51.4. The van der Waals surface area contributed by atoms with Crippen molar-refractivity contribution in [1.82, 2.24) is 25.9 Å². The zero-order valence-electron chi connectivity index (χ0n) is 28.9. The Morgan fingerprint density at radius 1 is 0.960 bits per heavy atom. The lowest BCUT2D eigenvalue weighted by molar-refractivity contribution is -0.129. The quantitative estimate of drug-likeness (QED) is 0.128. The van der Waals surface area contributed by atoms with E-state index >= 15 is 0 Å². The van der Waals surface area contributed by atoms with E-state index < -0.39 is 23.6 Å². The number of aromatic carboxylic acids is 1. The second-order valence-corrected chi connectivity index (χ2v) is 14.0. The van der Waals surface area contributed by atoms with Gasteiger partial charge in [0.1, 0.15) is 11.4 Å². The number of ketones is 1. The van der Waals surface area contributed by atoms with E-state index in [4.69, 9.17) is 4.74 Å². The molecule has 3 aromatic carbocycles. The molecule has 5 rings (SSSR count). The van der Waals surface area contributed by atoms with E-state index in [0.717, 1.165) is 40.7 Å². The van der Waals surface area contributed by atoms with Crippen LogP contribution >= 0.6 is 0 Å². The maximum Gasteiger partial charge on any atom is 0.407 e. The van der Waals surface area contributed by atoms with Crippen LogP contribution < -0.4 is 10.6 Å². The molecule has 2 amide bonds. The fourth-order valence-corrected chi connectivity index (χ4v) is 6.34. The summed E-state index contributed by atoms with van der Waals surface area (Å²) < 4.78 is 5.35. The number of carboxylic acids is 1. The molecule has 1 aliphatic rings. The Kier molecular flexibility index (Phi) is 11.4. The molecule has 0 bridgehead atoms. The molecule has 0 aliphatic heterocycles. The Hall–Kier alpha value is -5.39. The highest BCUT2D eigenvalue weighted by Gasteiger charge is 2.31. The predicted octanol–water partition coefficient (Wildman–Crippen LogP) is 6.63. The lowest BCUT2D eigenvalue weighted by Gasteiger charge is -2.29. The van der Waals surface area contributed by atoms with Crippen molar-refractivity contribution in [2.75, 3.05) is 11.9 Å². The number of nitrogens with one attached hydrogen (secondary N) is 3. The summed E-state index contributed by atoms with van der Waals surface area (Å²) in [6.07, 6.45) is 2.94. The van der Waals surface area contributed by atoms with Gasteiger partial charge in [0.15, 0.2) is 0 Å². The van der Waals surface area contributed by atoms with Crippen molar-refractivity contribution in [1.29, 1.82) is 0 Å². The largest absolute Gasteiger partial charge is 0.478 e. The number of carboxylic acid groups (broad SMARTS) is 1. The minimum atomic E-state index is -1.01. The van der Waals surface area contributed by atoms with Gasteiger partial charge in [0.25, 0.3) is 0 Å². The molecule has 1 fully saturated rings. The van der Waals surface area contributed by atoms with Gasteiger partial charge in [0.2, 0.25) is 11.7 Å². The number of ether oxygens (including phenoxy) is 1. The number of hydrogen-bond donors (Lipinski definition) is 4. The van der Waals surface area contributed by atoms with Crippen LogP contribution in [-0.2, 0) is 20.7 Å². The van der Waals surface area contributed by atoms with Crippen molar-refractivity contribution in [2.45, 2.75) is 71.8 Å². The number of rotatable bonds is 12. The third-order valence-electron chi connectivity index (χ3n) is 9.02. The maximum absolute atomic E-state index is 13.9. The highest BCUT2D eigenvalue weighted by Crippen LogP contribution is 2.32. The number of Topliss-reactive ketones (excluding diaryl/α,β-unsaturated/α-hetero) is 1. The Labute approximate surface area is 291 Å². The van der Waals surface area contributed by atoms with E-state index in [1.54, 1.807) is 42.5 Å². The lowest BCUT2D eigenvalue weighted by atomic mass is 9.77. The maximum atomic E-state index is 13.9. The van der Waals surface area contributed by atoms with Gasteiger partial charge in [0.05, 0.1) is 5.56 Å². The van der Waals surface area contributed by atoms with Crippen molar-refractivity contribution in [3.8, 4) is 22.5 Å². The first-order valence-electron chi connectivity index (χ1n) is 16.9. The summed E-state index contributed by atoms with van der Waals surface area (Å²) in [6.45, 7) is 7.92. The third-order valence-corrected chi connectivity index (χ3v) is 9.02. The van der Waals surface area contributed by atoms with Crippen LogP contribution in [0.2, 0.25) is 0 Å². The van der Waals surface area contributed by atoms with Crippen LogP contribution in [0.4, 0.5) is 10.5 Å². The highest BCUT2D eigenvalue weighted by molar-refractivity contribution is 5.96. The average Bonchev–Trinajstić information content (AvgIpc) is 3.63. The van der Waals surface area contributed by atoms with Crippen LogP contribution in [0, 0.1) is 24.7 Å². The second kappa shape index (κ2) is 15.9. The monoisotopic (exact) mass is 680 g/mol. The fourth-order valence-electron chi connectivity index (χ4n) is 6.34. The average molecular weight is 681 g/mol. The summed E-state index contributed by atoms with van der Waals surface area (Å²) >= 11 is 0. The zero-order valence-corrected chi connectivity index (χ0v) is 28.9. The molecule has 50 heavy (non-hydrogen) atoms. The van der Waals surface area contributed by atoms with Crippen LogP contribution in [0.25, 0.3) is 22.5 Å². The summed E-state index contributed by atoms with van der Waals surface area (Å²) in [7, 11) is 0. The van der Waals surface area contributed by atoms with Crippen LogP contribution in [0.15, 0.2) is 66.7 Å². The van der Waals surface area contributed by atoms with E-state index in [2.05, 4.69) is 31.3 Å². The van der Waals surface area contributed by atoms with Gasteiger partial charge in [-0.3, -0.25) is 9.59 Å². The normalized spacial score (nSPS) is 16.6. The number of H-pyrrole nitrogens is 1. The Bertz CT molecular complexity index is 1810. The summed E-state index contributed by atoms with van der Waals surface area (Å²) in [5, 5.41) is 29.4. The number of tetrazole rings is 1. The number of alkyl carbamates (subject to hydrolysis) is 1. The van der Waals surface area contributed by atoms with Gasteiger partial charge in [-0.15, -0.1) is 10.2 Å². The molecule has 1 saturated carbocycles. The van der Waals surface area contributed by atoms with Crippen molar-refractivity contribution < 1.29 is 29.0 Å². The van der Waals surface area contributed by atoms with Crippen molar-refractivity contribution >= 4 is 29.4 Å². The number of nitrogens with zero attached hydrogens (tertiary/aromatic N) is 3. The van der Waals surface area contributed by atoms with Gasteiger partial charge in [-0.05, 0) is 130 Å². The minimum Gasteiger partial charge on any atom is -0.478 e. The molecule has 0 radical (unpaired) electrons. The highest BCUT2D eigenvalue weighted by atomic mass is 16.6. The summed E-state index contributed by atoms with van der Waals surface area (Å²) in [5.74, 6) is -1.34. The molecule has 1 aromatic heterocycles. The Morgan fingerprint density at radius 3 is 2.36 bits per heavy atom. The molecule has 12 heteroatoms. The van der Waals surface area contributed by atoms with Gasteiger partial charge in [-0.25, -0.2) is 9.59 Å². The molecule has 0 spiro atoms. The van der Waals surface area contributed by atoms with E-state index in [-0.39, 0.29) is 35.5 Å². The van der Waals surface area contributed by atoms with E-state index in [9.17, 15) is 24.3 Å². The molecular weight excluding hydrogens is 636 g/mol. The number of hydrogen-bond acceptors (Lipinski definition) is 8. The van der Waals surface area contributed by atoms with Gasteiger partial charge in [-0.2, -0.15) is 5.21 Å². The summed E-state index contributed by atoms with van der Waals surface area (Å²) in [6, 6.07) is 19.7. The topological polar surface area (TPSA) is 176 Å². The molecule has 0 saturated heterocycles. The van der Waals surface area contributed by atoms with Gasteiger partial charge in [-0.1, -0.05) is 30.3 Å². The SMILES string of the molecule is Cc1ccc(C[C@H](CC(=O)C2CCC(CNC(=O)OC(C)(C)C)CC2)C(=O)Nc2ccc(-c3nn[nH]n3)cc2)cc1-c1cccc(C(=O)O)c1. The van der Waals surface area contributed by atoms with Crippen LogP contribution in [0.3, 0.4) is 0 Å². The van der Waals surface area contributed by atoms with Crippen LogP contribution in [0.5, 0.6) is 0 Å². The second-order valence-electron chi connectivity index (χ2n) is 14.0. The first-order chi connectivity index (χ1) is 23.8. The fraction of sp³-hybridized carbons (Fsp3) is 0.395. The molecule has 262 valence electrons. The van der Waals surface area contributed by atoms with Crippen molar-refractivity contribution in [3.05, 3.63) is 83.4 Å². The third kappa shape index (κ3) is 9.83. The number of carbonyl (C=O) groups excluding carboxylic acids is 3. The molecule has 0 unspecified atom stereocenters. The molecule has 4 N–H and O–H groups in total. The predicted molar refractivity (Wildman–Crippen MR) is 188 cm³/mol. The van der Waals surface area contributed by atoms with E-state index in [1.807, 2.05) is 52.0 Å². The van der Waals surface area contributed by atoms with Gasteiger partial charge >= 0.3 is 12.1 Å². The van der Waals surface area contributed by atoms with Gasteiger partial charge < -0.3 is 20.5 Å². The van der Waals surface area contributed by atoms with Crippen molar-refractivity contribution in [2.24, 2.45) is 17.8 Å². The molecule has 12 nitrogen and oxygen atoms in total. The van der Waals surface area contributed by atoms with Crippen molar-refractivity contribution in [3.63, 3.8) is 0 Å². The summed E-state index contributed by atoms with van der Waals surface area (Å²) in [5.41, 5.74) is 4.40. The number of benzene rings is 3. The van der Waals surface area contributed by atoms with Crippen LogP contribution in [0.1, 0.15) is 74.4 Å².